The second-order valence-corrected chi connectivity index (χ2v) is 8.34. The van der Waals surface area contributed by atoms with Crippen molar-refractivity contribution < 1.29 is 0 Å². The molecule has 1 aliphatic rings. The van der Waals surface area contributed by atoms with Crippen LogP contribution in [0.2, 0.25) is 0 Å². The molecule has 0 aromatic heterocycles. The Labute approximate surface area is 147 Å². The fraction of sp³-hybridized carbons (Fsp3) is 1.00. The Balaban J connectivity index is 2.34. The molecule has 0 aromatic carbocycles. The van der Waals surface area contributed by atoms with Crippen LogP contribution in [0.15, 0.2) is 0 Å². The molecule has 0 amide bonds. The van der Waals surface area contributed by atoms with Crippen molar-refractivity contribution in [1.29, 1.82) is 0 Å². The normalized spacial score (nSPS) is 23.3. The first-order valence-corrected chi connectivity index (χ1v) is 10.8. The second kappa shape index (κ2) is 13.3. The fourth-order valence-electron chi connectivity index (χ4n) is 4.55. The third-order valence-electron chi connectivity index (χ3n) is 6.25. The van der Waals surface area contributed by atoms with Gasteiger partial charge in [-0.2, -0.15) is 0 Å². The molecule has 0 radical (unpaired) electrons. The van der Waals surface area contributed by atoms with Crippen molar-refractivity contribution in [2.45, 2.75) is 116 Å². The van der Waals surface area contributed by atoms with Crippen LogP contribution in [0.4, 0.5) is 0 Å². The van der Waals surface area contributed by atoms with E-state index in [1.54, 1.807) is 0 Å². The van der Waals surface area contributed by atoms with E-state index in [2.05, 4.69) is 32.8 Å². The average Bonchev–Trinajstić information content (AvgIpc) is 2.56. The second-order valence-electron chi connectivity index (χ2n) is 8.34. The van der Waals surface area contributed by atoms with E-state index in [1.165, 1.54) is 96.3 Å². The Hall–Kier alpha value is -0.0400. The van der Waals surface area contributed by atoms with E-state index in [9.17, 15) is 0 Å². The van der Waals surface area contributed by atoms with Crippen LogP contribution >= 0.6 is 0 Å². The van der Waals surface area contributed by atoms with Crippen LogP contribution in [0.25, 0.3) is 0 Å². The molecule has 1 atom stereocenters. The van der Waals surface area contributed by atoms with Crippen molar-refractivity contribution in [2.75, 3.05) is 14.1 Å². The minimum atomic E-state index is 0.858. The molecule has 0 saturated heterocycles. The maximum absolute atomic E-state index is 2.46. The highest BCUT2D eigenvalue weighted by molar-refractivity contribution is 4.81. The molecule has 0 aromatic rings. The molecule has 1 rings (SSSR count). The van der Waals surface area contributed by atoms with Gasteiger partial charge in [-0.15, -0.1) is 0 Å². The minimum Gasteiger partial charge on any atom is -0.306 e. The smallest absolute Gasteiger partial charge is 0.00893 e. The first-order valence-electron chi connectivity index (χ1n) is 10.8. The lowest BCUT2D eigenvalue weighted by atomic mass is 9.74. The molecule has 1 fully saturated rings. The summed E-state index contributed by atoms with van der Waals surface area (Å²) in [5.74, 6) is 2.08. The molecule has 0 bridgehead atoms. The monoisotopic (exact) mass is 323 g/mol. The van der Waals surface area contributed by atoms with Gasteiger partial charge < -0.3 is 4.90 Å². The van der Waals surface area contributed by atoms with Gasteiger partial charge in [0.1, 0.15) is 0 Å². The van der Waals surface area contributed by atoms with Crippen LogP contribution < -0.4 is 0 Å². The van der Waals surface area contributed by atoms with Gasteiger partial charge in [0, 0.05) is 6.04 Å². The van der Waals surface area contributed by atoms with E-state index in [4.69, 9.17) is 0 Å². The highest BCUT2D eigenvalue weighted by atomic mass is 15.1. The van der Waals surface area contributed by atoms with E-state index < -0.39 is 0 Å². The molecule has 23 heavy (non-hydrogen) atoms. The molecule has 0 aliphatic heterocycles. The predicted molar refractivity (Wildman–Crippen MR) is 105 cm³/mol. The number of rotatable bonds is 13. The van der Waals surface area contributed by atoms with Crippen LogP contribution in [0, 0.1) is 11.8 Å². The standard InChI is InChI=1S/C22H45N/c1-5-7-9-11-13-15-20(14-12-10-8-6-2)21-16-18-22(19-17-21)23(3)4/h20-22H,5-19H2,1-4H3/t20-,21?,22?/m1/s1. The van der Waals surface area contributed by atoms with Crippen molar-refractivity contribution in [3.63, 3.8) is 0 Å². The van der Waals surface area contributed by atoms with E-state index >= 15 is 0 Å². The van der Waals surface area contributed by atoms with Gasteiger partial charge in [-0.25, -0.2) is 0 Å². The maximum atomic E-state index is 2.46. The van der Waals surface area contributed by atoms with E-state index in [0.29, 0.717) is 0 Å². The summed E-state index contributed by atoms with van der Waals surface area (Å²) < 4.78 is 0. The first kappa shape index (κ1) is 21.0. The quantitative estimate of drug-likeness (QED) is 0.328. The molecule has 138 valence electrons. The lowest BCUT2D eigenvalue weighted by molar-refractivity contribution is 0.146. The zero-order valence-electron chi connectivity index (χ0n) is 16.8. The molecule has 1 saturated carbocycles. The van der Waals surface area contributed by atoms with Gasteiger partial charge in [0.2, 0.25) is 0 Å². The number of unbranched alkanes of at least 4 members (excludes halogenated alkanes) is 7. The zero-order valence-corrected chi connectivity index (χ0v) is 16.8. The third kappa shape index (κ3) is 9.13. The number of hydrogen-bond acceptors (Lipinski definition) is 1. The summed E-state index contributed by atoms with van der Waals surface area (Å²) in [7, 11) is 4.53. The van der Waals surface area contributed by atoms with Gasteiger partial charge in [-0.05, 0) is 51.6 Å². The van der Waals surface area contributed by atoms with E-state index in [-0.39, 0.29) is 0 Å². The Morgan fingerprint density at radius 1 is 0.696 bits per heavy atom. The van der Waals surface area contributed by atoms with Crippen molar-refractivity contribution in [1.82, 2.24) is 4.90 Å². The van der Waals surface area contributed by atoms with Crippen LogP contribution in [0.1, 0.15) is 110 Å². The number of hydrogen-bond donors (Lipinski definition) is 0. The Kier molecular flexibility index (Phi) is 12.1. The molecule has 0 unspecified atom stereocenters. The third-order valence-corrected chi connectivity index (χ3v) is 6.25. The van der Waals surface area contributed by atoms with Gasteiger partial charge in [0.05, 0.1) is 0 Å². The van der Waals surface area contributed by atoms with Crippen molar-refractivity contribution >= 4 is 0 Å². The fourth-order valence-corrected chi connectivity index (χ4v) is 4.55. The van der Waals surface area contributed by atoms with Crippen LogP contribution in [-0.4, -0.2) is 25.0 Å². The summed E-state index contributed by atoms with van der Waals surface area (Å²) in [6.45, 7) is 4.65. The van der Waals surface area contributed by atoms with Crippen molar-refractivity contribution in [3.8, 4) is 0 Å². The topological polar surface area (TPSA) is 3.24 Å². The molecule has 1 heteroatoms. The lowest BCUT2D eigenvalue weighted by Gasteiger charge is -2.36. The molecular weight excluding hydrogens is 278 g/mol. The maximum Gasteiger partial charge on any atom is 0.00893 e. The SMILES string of the molecule is CCCCCCC[C@@H](CCCCCC)C1CCC(N(C)C)CC1. The highest BCUT2D eigenvalue weighted by Gasteiger charge is 2.27. The molecule has 1 aliphatic carbocycles. The van der Waals surface area contributed by atoms with E-state index in [1.807, 2.05) is 0 Å². The Morgan fingerprint density at radius 3 is 1.65 bits per heavy atom. The zero-order chi connectivity index (χ0) is 16.9. The van der Waals surface area contributed by atoms with Crippen LogP contribution in [0.5, 0.6) is 0 Å². The summed E-state index contributed by atoms with van der Waals surface area (Å²) in [6, 6.07) is 0.858. The van der Waals surface area contributed by atoms with Crippen molar-refractivity contribution in [2.24, 2.45) is 11.8 Å². The molecule has 0 spiro atoms. The number of nitrogens with zero attached hydrogens (tertiary/aromatic N) is 1. The molecular formula is C22H45N. The summed E-state index contributed by atoms with van der Waals surface area (Å²) >= 11 is 0. The van der Waals surface area contributed by atoms with Crippen molar-refractivity contribution in [3.05, 3.63) is 0 Å². The largest absolute Gasteiger partial charge is 0.306 e. The first-order chi connectivity index (χ1) is 11.2. The minimum absolute atomic E-state index is 0.858. The van der Waals surface area contributed by atoms with Gasteiger partial charge in [-0.1, -0.05) is 84.5 Å². The lowest BCUT2D eigenvalue weighted by Crippen LogP contribution is -2.34. The Bertz CT molecular complexity index is 253. The van der Waals surface area contributed by atoms with Gasteiger partial charge in [0.15, 0.2) is 0 Å². The molecule has 1 nitrogen and oxygen atoms in total. The summed E-state index contributed by atoms with van der Waals surface area (Å²) in [5.41, 5.74) is 0. The van der Waals surface area contributed by atoms with Crippen LogP contribution in [-0.2, 0) is 0 Å². The molecule has 0 N–H and O–H groups in total. The Morgan fingerprint density at radius 2 is 1.17 bits per heavy atom. The highest BCUT2D eigenvalue weighted by Crippen LogP contribution is 2.37. The van der Waals surface area contributed by atoms with Crippen LogP contribution in [0.3, 0.4) is 0 Å². The van der Waals surface area contributed by atoms with Gasteiger partial charge in [0.25, 0.3) is 0 Å². The summed E-state index contributed by atoms with van der Waals surface area (Å²) in [6.07, 6.45) is 21.9. The summed E-state index contributed by atoms with van der Waals surface area (Å²) in [4.78, 5) is 2.46. The molecule has 0 heterocycles. The van der Waals surface area contributed by atoms with Gasteiger partial charge >= 0.3 is 0 Å². The predicted octanol–water partition coefficient (Wildman–Crippen LogP) is 7.05. The average molecular weight is 324 g/mol. The van der Waals surface area contributed by atoms with Gasteiger partial charge in [-0.3, -0.25) is 0 Å². The summed E-state index contributed by atoms with van der Waals surface area (Å²) in [5, 5.41) is 0. The van der Waals surface area contributed by atoms with E-state index in [0.717, 1.165) is 17.9 Å².